The summed E-state index contributed by atoms with van der Waals surface area (Å²) in [6.07, 6.45) is 6.28. The summed E-state index contributed by atoms with van der Waals surface area (Å²) in [7, 11) is 0. The molecule has 22 heavy (non-hydrogen) atoms. The Morgan fingerprint density at radius 2 is 2.14 bits per heavy atom. The van der Waals surface area contributed by atoms with Gasteiger partial charge in [-0.25, -0.2) is 0 Å². The van der Waals surface area contributed by atoms with Gasteiger partial charge in [-0.1, -0.05) is 31.4 Å². The van der Waals surface area contributed by atoms with Crippen LogP contribution < -0.4 is 10.1 Å². The zero-order valence-corrected chi connectivity index (χ0v) is 13.5. The minimum Gasteiger partial charge on any atom is -0.491 e. The summed E-state index contributed by atoms with van der Waals surface area (Å²) < 4.78 is 5.58. The topological polar surface area (TPSA) is 63.1 Å². The predicted octanol–water partition coefficient (Wildman–Crippen LogP) is 1.77. The number of rotatable bonds is 8. The van der Waals surface area contributed by atoms with Gasteiger partial charge in [0.25, 0.3) is 0 Å². The molecule has 0 unspecified atom stereocenters. The number of Topliss-reactive ketones (excluding diaryl/α,β-unsaturated/α-hetero) is 1. The Balaban J connectivity index is 1.65. The highest BCUT2D eigenvalue weighted by Crippen LogP contribution is 2.21. The van der Waals surface area contributed by atoms with Crippen molar-refractivity contribution < 1.29 is 20.0 Å². The molecule has 1 aliphatic rings. The van der Waals surface area contributed by atoms with E-state index in [0.29, 0.717) is 17.9 Å². The Morgan fingerprint density at radius 1 is 1.36 bits per heavy atom. The lowest BCUT2D eigenvalue weighted by atomic mass is 9.89. The smallest absolute Gasteiger partial charge is 0.159 e. The number of hydrogen-bond acceptors (Lipinski definition) is 3. The van der Waals surface area contributed by atoms with Gasteiger partial charge >= 0.3 is 0 Å². The molecule has 1 aliphatic carbocycles. The van der Waals surface area contributed by atoms with Crippen LogP contribution in [-0.4, -0.2) is 36.7 Å². The van der Waals surface area contributed by atoms with E-state index in [9.17, 15) is 9.90 Å². The van der Waals surface area contributed by atoms with Crippen LogP contribution in [0.5, 0.6) is 5.75 Å². The highest BCUT2D eigenvalue weighted by atomic mass is 16.5. The van der Waals surface area contributed by atoms with E-state index in [1.807, 2.05) is 6.07 Å². The highest BCUT2D eigenvalue weighted by Gasteiger charge is 2.16. The maximum Gasteiger partial charge on any atom is 0.159 e. The van der Waals surface area contributed by atoms with Crippen LogP contribution in [0, 0.1) is 5.92 Å². The van der Waals surface area contributed by atoms with Crippen molar-refractivity contribution in [2.45, 2.75) is 45.1 Å². The van der Waals surface area contributed by atoms with Crippen molar-refractivity contribution in [1.29, 1.82) is 0 Å². The third kappa shape index (κ3) is 5.78. The van der Waals surface area contributed by atoms with Crippen molar-refractivity contribution in [2.24, 2.45) is 5.92 Å². The summed E-state index contributed by atoms with van der Waals surface area (Å²) in [4.78, 5) is 11.3. The fraction of sp³-hybridized carbons (Fsp3) is 0.611. The number of aliphatic hydroxyl groups excluding tert-OH is 1. The van der Waals surface area contributed by atoms with E-state index in [-0.39, 0.29) is 12.4 Å². The normalized spacial score (nSPS) is 17.2. The van der Waals surface area contributed by atoms with E-state index >= 15 is 0 Å². The van der Waals surface area contributed by atoms with E-state index < -0.39 is 6.10 Å². The Labute approximate surface area is 132 Å². The molecule has 1 fully saturated rings. The van der Waals surface area contributed by atoms with Gasteiger partial charge in [-0.2, -0.15) is 0 Å². The van der Waals surface area contributed by atoms with Crippen molar-refractivity contribution in [1.82, 2.24) is 0 Å². The molecule has 4 heteroatoms. The van der Waals surface area contributed by atoms with Gasteiger partial charge in [0.2, 0.25) is 0 Å². The van der Waals surface area contributed by atoms with Crippen LogP contribution >= 0.6 is 0 Å². The molecule has 1 aromatic carbocycles. The average Bonchev–Trinajstić information content (AvgIpc) is 2.54. The first kappa shape index (κ1) is 17.0. The Kier molecular flexibility index (Phi) is 6.87. The zero-order valence-electron chi connectivity index (χ0n) is 13.5. The fourth-order valence-corrected chi connectivity index (χ4v) is 3.01. The number of hydrogen-bond donors (Lipinski definition) is 2. The molecule has 122 valence electrons. The summed E-state index contributed by atoms with van der Waals surface area (Å²) in [5.41, 5.74) is 0.635. The predicted molar refractivity (Wildman–Crippen MR) is 86.2 cm³/mol. The Morgan fingerprint density at radius 3 is 2.86 bits per heavy atom. The lowest BCUT2D eigenvalue weighted by Gasteiger charge is -2.20. The molecule has 0 spiro atoms. The molecular weight excluding hydrogens is 278 g/mol. The number of aliphatic hydroxyl groups is 1. The standard InChI is InChI=1S/C18H27NO3/c1-14(20)16-8-5-9-18(10-16)22-13-17(21)12-19-11-15-6-3-2-4-7-15/h5,8-10,15,17,19,21H,2-4,6-7,11-13H2,1H3/p+1/t17-/m0/s1. The lowest BCUT2D eigenvalue weighted by Crippen LogP contribution is -2.88. The minimum absolute atomic E-state index is 0.0202. The number of ether oxygens (including phenoxy) is 1. The van der Waals surface area contributed by atoms with Gasteiger partial charge in [-0.3, -0.25) is 4.79 Å². The third-order valence-corrected chi connectivity index (χ3v) is 4.35. The van der Waals surface area contributed by atoms with Crippen molar-refractivity contribution in [2.75, 3.05) is 19.7 Å². The Hall–Kier alpha value is -1.39. The molecule has 2 rings (SSSR count). The van der Waals surface area contributed by atoms with E-state index in [2.05, 4.69) is 5.32 Å². The van der Waals surface area contributed by atoms with Gasteiger partial charge in [0.05, 0.1) is 6.54 Å². The molecule has 1 aromatic rings. The molecule has 1 saturated carbocycles. The van der Waals surface area contributed by atoms with Crippen LogP contribution in [0.4, 0.5) is 0 Å². The average molecular weight is 306 g/mol. The summed E-state index contributed by atoms with van der Waals surface area (Å²) in [6.45, 7) is 3.58. The fourth-order valence-electron chi connectivity index (χ4n) is 3.01. The van der Waals surface area contributed by atoms with Crippen LogP contribution in [0.25, 0.3) is 0 Å². The molecule has 0 saturated heterocycles. The number of carbonyl (C=O) groups is 1. The summed E-state index contributed by atoms with van der Waals surface area (Å²) in [5, 5.41) is 12.2. The van der Waals surface area contributed by atoms with Crippen LogP contribution in [0.15, 0.2) is 24.3 Å². The maximum atomic E-state index is 11.3. The molecule has 0 bridgehead atoms. The number of benzene rings is 1. The monoisotopic (exact) mass is 306 g/mol. The summed E-state index contributed by atoms with van der Waals surface area (Å²) >= 11 is 0. The quantitative estimate of drug-likeness (QED) is 0.720. The van der Waals surface area contributed by atoms with Crippen molar-refractivity contribution in [3.8, 4) is 5.75 Å². The van der Waals surface area contributed by atoms with Crippen LogP contribution in [0.1, 0.15) is 49.4 Å². The second-order valence-electron chi connectivity index (χ2n) is 6.31. The molecule has 1 atom stereocenters. The zero-order chi connectivity index (χ0) is 15.8. The SMILES string of the molecule is CC(=O)c1cccc(OC[C@@H](O)C[NH2+]CC2CCCCC2)c1. The van der Waals surface area contributed by atoms with Crippen LogP contribution in [-0.2, 0) is 0 Å². The van der Waals surface area contributed by atoms with Gasteiger partial charge < -0.3 is 15.2 Å². The van der Waals surface area contributed by atoms with Crippen LogP contribution in [0.2, 0.25) is 0 Å². The first-order valence-electron chi connectivity index (χ1n) is 8.38. The van der Waals surface area contributed by atoms with Gasteiger partial charge in [0, 0.05) is 11.5 Å². The van der Waals surface area contributed by atoms with E-state index in [4.69, 9.17) is 4.74 Å². The Bertz CT molecular complexity index is 469. The van der Waals surface area contributed by atoms with Crippen LogP contribution in [0.3, 0.4) is 0 Å². The first-order valence-corrected chi connectivity index (χ1v) is 8.38. The molecule has 0 aliphatic heterocycles. The number of quaternary nitrogens is 1. The van der Waals surface area contributed by atoms with Gasteiger partial charge in [-0.15, -0.1) is 0 Å². The lowest BCUT2D eigenvalue weighted by molar-refractivity contribution is -0.667. The third-order valence-electron chi connectivity index (χ3n) is 4.35. The largest absolute Gasteiger partial charge is 0.491 e. The molecule has 0 radical (unpaired) electrons. The van der Waals surface area contributed by atoms with E-state index in [0.717, 1.165) is 12.5 Å². The van der Waals surface area contributed by atoms with Crippen molar-refractivity contribution >= 4 is 5.78 Å². The molecule has 0 amide bonds. The molecular formula is C18H28NO3+. The molecule has 4 nitrogen and oxygen atoms in total. The van der Waals surface area contributed by atoms with Crippen molar-refractivity contribution in [3.05, 3.63) is 29.8 Å². The summed E-state index contributed by atoms with van der Waals surface area (Å²) in [6, 6.07) is 7.10. The second kappa shape index (κ2) is 8.91. The van der Waals surface area contributed by atoms with E-state index in [1.54, 1.807) is 18.2 Å². The number of ketones is 1. The molecule has 0 heterocycles. The number of nitrogens with two attached hydrogens (primary N) is 1. The minimum atomic E-state index is -0.482. The molecule has 0 aromatic heterocycles. The van der Waals surface area contributed by atoms with E-state index in [1.165, 1.54) is 39.0 Å². The highest BCUT2D eigenvalue weighted by molar-refractivity contribution is 5.94. The first-order chi connectivity index (χ1) is 10.6. The molecule has 3 N–H and O–H groups in total. The summed E-state index contributed by atoms with van der Waals surface area (Å²) in [5.74, 6) is 1.47. The van der Waals surface area contributed by atoms with Gasteiger partial charge in [-0.05, 0) is 31.9 Å². The second-order valence-corrected chi connectivity index (χ2v) is 6.31. The maximum absolute atomic E-state index is 11.3. The number of carbonyl (C=O) groups excluding carboxylic acids is 1. The van der Waals surface area contributed by atoms with Gasteiger partial charge in [0.15, 0.2) is 5.78 Å². The van der Waals surface area contributed by atoms with Gasteiger partial charge in [0.1, 0.15) is 25.0 Å². The van der Waals surface area contributed by atoms with Crippen molar-refractivity contribution in [3.63, 3.8) is 0 Å².